The highest BCUT2D eigenvalue weighted by Gasteiger charge is 2.26. The molecule has 6 nitrogen and oxygen atoms in total. The summed E-state index contributed by atoms with van der Waals surface area (Å²) in [5.41, 5.74) is 2.44. The van der Waals surface area contributed by atoms with Crippen LogP contribution in [-0.4, -0.2) is 48.0 Å². The van der Waals surface area contributed by atoms with E-state index in [9.17, 15) is 8.42 Å². The predicted molar refractivity (Wildman–Crippen MR) is 95.1 cm³/mol. The minimum atomic E-state index is -3.49. The van der Waals surface area contributed by atoms with E-state index in [0.29, 0.717) is 23.0 Å². The second-order valence-electron chi connectivity index (χ2n) is 6.06. The molecule has 0 saturated heterocycles. The summed E-state index contributed by atoms with van der Waals surface area (Å²) in [4.78, 5) is 2.53. The van der Waals surface area contributed by atoms with Crippen LogP contribution in [0.25, 0.3) is 0 Å². The Kier molecular flexibility index (Phi) is 5.79. The van der Waals surface area contributed by atoms with Crippen molar-refractivity contribution in [2.75, 3.05) is 20.6 Å². The summed E-state index contributed by atoms with van der Waals surface area (Å²) in [7, 11) is -0.405. The molecule has 0 saturated carbocycles. The largest absolute Gasteiger partial charge is 0.280 e. The lowest BCUT2D eigenvalue weighted by Gasteiger charge is -2.21. The molecule has 7 heteroatoms. The summed E-state index contributed by atoms with van der Waals surface area (Å²) < 4.78 is 28.0. The van der Waals surface area contributed by atoms with E-state index in [1.165, 1.54) is 9.87 Å². The molecular formula is C17H26N4O2S. The topological polar surface area (TPSA) is 58.4 Å². The molecule has 0 aliphatic rings. The Bertz CT molecular complexity index is 782. The van der Waals surface area contributed by atoms with Crippen LogP contribution in [0.1, 0.15) is 23.9 Å². The SMILES string of the molecule is CCN(Cc1ccccc1)Cn1nc(C)c(S(=O)(=O)N(C)C)c1C. The van der Waals surface area contributed by atoms with Crippen molar-refractivity contribution in [1.29, 1.82) is 0 Å². The Morgan fingerprint density at radius 1 is 1.12 bits per heavy atom. The minimum Gasteiger partial charge on any atom is -0.280 e. The van der Waals surface area contributed by atoms with Gasteiger partial charge in [-0.15, -0.1) is 0 Å². The smallest absolute Gasteiger partial charge is 0.246 e. The Morgan fingerprint density at radius 2 is 1.75 bits per heavy atom. The molecule has 0 fully saturated rings. The van der Waals surface area contributed by atoms with Crippen LogP contribution >= 0.6 is 0 Å². The highest BCUT2D eigenvalue weighted by molar-refractivity contribution is 7.89. The lowest BCUT2D eigenvalue weighted by Crippen LogP contribution is -2.27. The molecule has 1 heterocycles. The average Bonchev–Trinajstić information content (AvgIpc) is 2.81. The van der Waals surface area contributed by atoms with Crippen LogP contribution < -0.4 is 0 Å². The third-order valence-electron chi connectivity index (χ3n) is 4.08. The van der Waals surface area contributed by atoms with Crippen molar-refractivity contribution < 1.29 is 8.42 Å². The summed E-state index contributed by atoms with van der Waals surface area (Å²) in [6, 6.07) is 10.2. The first-order valence-corrected chi connectivity index (χ1v) is 9.44. The summed E-state index contributed by atoms with van der Waals surface area (Å²) in [5.74, 6) is 0. The second-order valence-corrected chi connectivity index (χ2v) is 8.15. The van der Waals surface area contributed by atoms with Gasteiger partial charge in [0.15, 0.2) is 0 Å². The molecule has 0 spiro atoms. The van der Waals surface area contributed by atoms with E-state index >= 15 is 0 Å². The van der Waals surface area contributed by atoms with Gasteiger partial charge in [-0.05, 0) is 26.0 Å². The maximum Gasteiger partial charge on any atom is 0.246 e. The van der Waals surface area contributed by atoms with E-state index in [1.54, 1.807) is 25.7 Å². The summed E-state index contributed by atoms with van der Waals surface area (Å²) >= 11 is 0. The summed E-state index contributed by atoms with van der Waals surface area (Å²) in [6.07, 6.45) is 0. The van der Waals surface area contributed by atoms with Gasteiger partial charge in [-0.1, -0.05) is 37.3 Å². The van der Waals surface area contributed by atoms with Crippen molar-refractivity contribution in [3.8, 4) is 0 Å². The Hall–Kier alpha value is -1.70. The number of hydrogen-bond donors (Lipinski definition) is 0. The molecule has 0 unspecified atom stereocenters. The van der Waals surface area contributed by atoms with Gasteiger partial charge in [0.2, 0.25) is 10.0 Å². The van der Waals surface area contributed by atoms with Gasteiger partial charge in [-0.3, -0.25) is 9.58 Å². The lowest BCUT2D eigenvalue weighted by atomic mass is 10.2. The number of sulfonamides is 1. The Morgan fingerprint density at radius 3 is 2.29 bits per heavy atom. The molecule has 0 radical (unpaired) electrons. The van der Waals surface area contributed by atoms with E-state index in [4.69, 9.17) is 0 Å². The van der Waals surface area contributed by atoms with Gasteiger partial charge in [-0.25, -0.2) is 12.7 Å². The third kappa shape index (κ3) is 3.85. The van der Waals surface area contributed by atoms with E-state index in [0.717, 1.165) is 13.1 Å². The minimum absolute atomic E-state index is 0.309. The van der Waals surface area contributed by atoms with Gasteiger partial charge in [0.25, 0.3) is 0 Å². The monoisotopic (exact) mass is 350 g/mol. The highest BCUT2D eigenvalue weighted by Crippen LogP contribution is 2.22. The maximum atomic E-state index is 12.5. The van der Waals surface area contributed by atoms with Crippen LogP contribution in [0.5, 0.6) is 0 Å². The predicted octanol–water partition coefficient (Wildman–Crippen LogP) is 2.23. The number of aromatic nitrogens is 2. The first kappa shape index (κ1) is 18.6. The summed E-state index contributed by atoms with van der Waals surface area (Å²) in [5, 5.41) is 4.46. The number of rotatable bonds is 7. The molecule has 132 valence electrons. The van der Waals surface area contributed by atoms with E-state index < -0.39 is 10.0 Å². The number of nitrogens with zero attached hydrogens (tertiary/aromatic N) is 4. The number of benzene rings is 1. The van der Waals surface area contributed by atoms with Crippen LogP contribution in [0.3, 0.4) is 0 Å². The van der Waals surface area contributed by atoms with Gasteiger partial charge >= 0.3 is 0 Å². The number of aryl methyl sites for hydroxylation is 1. The fraction of sp³-hybridized carbons (Fsp3) is 0.471. The standard InChI is InChI=1S/C17H26N4O2S/c1-6-20(12-16-10-8-7-9-11-16)13-21-15(3)17(14(2)18-21)24(22,23)19(4)5/h7-11H,6,12-13H2,1-5H3. The molecule has 0 aliphatic carbocycles. The van der Waals surface area contributed by atoms with Crippen LogP contribution in [-0.2, 0) is 23.2 Å². The van der Waals surface area contributed by atoms with Crippen LogP contribution in [0.2, 0.25) is 0 Å². The third-order valence-corrected chi connectivity index (χ3v) is 6.15. The molecule has 0 atom stereocenters. The maximum absolute atomic E-state index is 12.5. The zero-order chi connectivity index (χ0) is 17.9. The van der Waals surface area contributed by atoms with Gasteiger partial charge in [0, 0.05) is 20.6 Å². The quantitative estimate of drug-likeness (QED) is 0.768. The lowest BCUT2D eigenvalue weighted by molar-refractivity contribution is 0.206. The molecule has 0 N–H and O–H groups in total. The van der Waals surface area contributed by atoms with Gasteiger partial charge in [0.05, 0.1) is 18.1 Å². The van der Waals surface area contributed by atoms with Gasteiger partial charge in [-0.2, -0.15) is 5.10 Å². The van der Waals surface area contributed by atoms with Crippen LogP contribution in [0, 0.1) is 13.8 Å². The molecule has 2 aromatic rings. The van der Waals surface area contributed by atoms with Crippen molar-refractivity contribution in [2.24, 2.45) is 0 Å². The van der Waals surface area contributed by atoms with Crippen molar-refractivity contribution in [1.82, 2.24) is 19.0 Å². The van der Waals surface area contributed by atoms with Crippen LogP contribution in [0.4, 0.5) is 0 Å². The molecule has 24 heavy (non-hydrogen) atoms. The van der Waals surface area contributed by atoms with Crippen molar-refractivity contribution in [2.45, 2.75) is 38.9 Å². The van der Waals surface area contributed by atoms with E-state index in [1.807, 2.05) is 25.1 Å². The average molecular weight is 350 g/mol. The van der Waals surface area contributed by atoms with E-state index in [-0.39, 0.29) is 0 Å². The fourth-order valence-corrected chi connectivity index (χ4v) is 3.92. The normalized spacial score (nSPS) is 12.3. The van der Waals surface area contributed by atoms with E-state index in [2.05, 4.69) is 29.1 Å². The molecule has 1 aromatic carbocycles. The fourth-order valence-electron chi connectivity index (χ4n) is 2.67. The molecule has 0 bridgehead atoms. The van der Waals surface area contributed by atoms with Crippen molar-refractivity contribution in [3.63, 3.8) is 0 Å². The first-order chi connectivity index (χ1) is 11.3. The zero-order valence-electron chi connectivity index (χ0n) is 15.0. The molecule has 1 aromatic heterocycles. The Balaban J connectivity index is 2.27. The van der Waals surface area contributed by atoms with Gasteiger partial charge in [0.1, 0.15) is 4.90 Å². The second kappa shape index (κ2) is 7.46. The molecule has 2 rings (SSSR count). The van der Waals surface area contributed by atoms with Crippen molar-refractivity contribution >= 4 is 10.0 Å². The van der Waals surface area contributed by atoms with Gasteiger partial charge < -0.3 is 0 Å². The molecule has 0 aliphatic heterocycles. The molecule has 0 amide bonds. The highest BCUT2D eigenvalue weighted by atomic mass is 32.2. The number of hydrogen-bond acceptors (Lipinski definition) is 4. The van der Waals surface area contributed by atoms with Crippen LogP contribution in [0.15, 0.2) is 35.2 Å². The molecular weight excluding hydrogens is 324 g/mol. The first-order valence-electron chi connectivity index (χ1n) is 8.00. The Labute approximate surface area is 144 Å². The van der Waals surface area contributed by atoms with Crippen molar-refractivity contribution in [3.05, 3.63) is 47.3 Å². The summed E-state index contributed by atoms with van der Waals surface area (Å²) in [6.45, 7) is 7.85. The zero-order valence-corrected chi connectivity index (χ0v) is 15.8.